The Labute approximate surface area is 187 Å². The molecule has 2 heterocycles. The highest BCUT2D eigenvalue weighted by atomic mass is 16.5. The molecule has 3 aromatic rings. The zero-order chi connectivity index (χ0) is 23.4. The summed E-state index contributed by atoms with van der Waals surface area (Å²) >= 11 is 0. The van der Waals surface area contributed by atoms with Crippen LogP contribution in [0.5, 0.6) is 5.75 Å². The molecule has 0 saturated heterocycles. The molecule has 0 aliphatic carbocycles. The number of hydrogen-bond acceptors (Lipinski definition) is 9. The molecule has 168 valence electrons. The molecular weight excluding hydrogens is 408 g/mol. The fourth-order valence-corrected chi connectivity index (χ4v) is 3.14. The number of aliphatic hydroxyl groups excluding tert-OH is 1. The van der Waals surface area contributed by atoms with Crippen LogP contribution in [0.4, 0.5) is 5.82 Å². The van der Waals surface area contributed by atoms with Crippen molar-refractivity contribution in [1.82, 2.24) is 15.1 Å². The smallest absolute Gasteiger partial charge is 0.259 e. The third kappa shape index (κ3) is 5.22. The van der Waals surface area contributed by atoms with Crippen molar-refractivity contribution in [2.24, 2.45) is 5.73 Å². The van der Waals surface area contributed by atoms with E-state index in [1.165, 1.54) is 0 Å². The van der Waals surface area contributed by atoms with Crippen LogP contribution in [0.2, 0.25) is 0 Å². The Kier molecular flexibility index (Phi) is 7.08. The highest BCUT2D eigenvalue weighted by molar-refractivity contribution is 5.66. The molecule has 9 heteroatoms. The Balaban J connectivity index is 1.85. The Hall–Kier alpha value is -3.48. The van der Waals surface area contributed by atoms with Crippen LogP contribution in [-0.2, 0) is 0 Å². The van der Waals surface area contributed by atoms with E-state index in [-0.39, 0.29) is 18.5 Å². The molecule has 0 amide bonds. The van der Waals surface area contributed by atoms with Crippen LogP contribution in [-0.4, -0.2) is 45.0 Å². The summed E-state index contributed by atoms with van der Waals surface area (Å²) in [6.07, 6.45) is 0.945. The normalized spacial score (nSPS) is 13.0. The average Bonchev–Trinajstić information content (AvgIpc) is 3.23. The van der Waals surface area contributed by atoms with Gasteiger partial charge in [-0.25, -0.2) is 4.98 Å². The van der Waals surface area contributed by atoms with E-state index < -0.39 is 12.1 Å². The molecule has 0 spiro atoms. The summed E-state index contributed by atoms with van der Waals surface area (Å²) < 4.78 is 11.3. The van der Waals surface area contributed by atoms with E-state index in [4.69, 9.17) is 15.0 Å². The van der Waals surface area contributed by atoms with E-state index in [1.54, 1.807) is 19.2 Å². The molecule has 0 aliphatic heterocycles. The van der Waals surface area contributed by atoms with E-state index in [9.17, 15) is 10.4 Å². The predicted molar refractivity (Wildman–Crippen MR) is 121 cm³/mol. The lowest BCUT2D eigenvalue weighted by Crippen LogP contribution is -2.38. The quantitative estimate of drug-likeness (QED) is 0.485. The van der Waals surface area contributed by atoms with Crippen molar-refractivity contribution in [2.75, 3.05) is 11.9 Å². The number of pyridine rings is 1. The highest BCUT2D eigenvalue weighted by Gasteiger charge is 2.17. The fraction of sp³-hybridized carbons (Fsp3) is 0.391. The number of nitriles is 1. The molecular formula is C23H28N6O3. The standard InChI is InChI=1S/C23H28N6O3/c1-12(2)27-21-17(9-24)8-18(10-26-21)23-28-22(29-32-23)16-6-13(3)20(14(4)7-16)31-11-19(25)15(5)30/h6-8,10,12,15,19,30H,11,25H2,1-5H3,(H,26,27)/t15-,19+/m1/s1. The second kappa shape index (κ2) is 9.77. The monoisotopic (exact) mass is 436 g/mol. The number of ether oxygens (including phenoxy) is 1. The number of nitrogens with zero attached hydrogens (tertiary/aromatic N) is 4. The van der Waals surface area contributed by atoms with Gasteiger partial charge in [0.2, 0.25) is 5.82 Å². The summed E-state index contributed by atoms with van der Waals surface area (Å²) in [6, 6.07) is 7.30. The lowest BCUT2D eigenvalue weighted by atomic mass is 10.1. The number of aromatic nitrogens is 3. The van der Waals surface area contributed by atoms with Gasteiger partial charge in [0.25, 0.3) is 5.89 Å². The molecule has 0 saturated carbocycles. The van der Waals surface area contributed by atoms with Crippen LogP contribution in [0.25, 0.3) is 22.8 Å². The summed E-state index contributed by atoms with van der Waals surface area (Å²) in [6.45, 7) is 9.63. The summed E-state index contributed by atoms with van der Waals surface area (Å²) in [4.78, 5) is 8.81. The number of nitrogens with two attached hydrogens (primary N) is 1. The van der Waals surface area contributed by atoms with Gasteiger partial charge in [-0.15, -0.1) is 0 Å². The maximum absolute atomic E-state index is 9.56. The van der Waals surface area contributed by atoms with Gasteiger partial charge in [0, 0.05) is 17.8 Å². The van der Waals surface area contributed by atoms with E-state index in [1.807, 2.05) is 39.8 Å². The summed E-state index contributed by atoms with van der Waals surface area (Å²) in [7, 11) is 0. The second-order valence-electron chi connectivity index (χ2n) is 8.11. The lowest BCUT2D eigenvalue weighted by molar-refractivity contribution is 0.130. The van der Waals surface area contributed by atoms with Gasteiger partial charge in [0.15, 0.2) is 0 Å². The van der Waals surface area contributed by atoms with E-state index in [0.717, 1.165) is 16.7 Å². The van der Waals surface area contributed by atoms with Crippen molar-refractivity contribution in [3.05, 3.63) is 41.1 Å². The zero-order valence-electron chi connectivity index (χ0n) is 18.9. The molecule has 3 rings (SSSR count). The van der Waals surface area contributed by atoms with Crippen molar-refractivity contribution in [3.63, 3.8) is 0 Å². The zero-order valence-corrected chi connectivity index (χ0v) is 18.9. The summed E-state index contributed by atoms with van der Waals surface area (Å²) in [5, 5.41) is 26.2. The molecule has 0 fully saturated rings. The molecule has 0 unspecified atom stereocenters. The minimum Gasteiger partial charge on any atom is -0.491 e. The van der Waals surface area contributed by atoms with Crippen molar-refractivity contribution in [2.45, 2.75) is 52.8 Å². The maximum atomic E-state index is 9.56. The Morgan fingerprint density at radius 3 is 2.47 bits per heavy atom. The summed E-state index contributed by atoms with van der Waals surface area (Å²) in [5.74, 6) is 1.92. The number of aliphatic hydroxyl groups is 1. The topological polar surface area (TPSA) is 143 Å². The largest absolute Gasteiger partial charge is 0.491 e. The van der Waals surface area contributed by atoms with Crippen molar-refractivity contribution in [1.29, 1.82) is 5.26 Å². The number of rotatable bonds is 8. The molecule has 0 radical (unpaired) electrons. The number of benzene rings is 1. The predicted octanol–water partition coefficient (Wildman–Crippen LogP) is 3.19. The van der Waals surface area contributed by atoms with Gasteiger partial charge in [-0.2, -0.15) is 10.2 Å². The summed E-state index contributed by atoms with van der Waals surface area (Å²) in [5.41, 5.74) is 9.38. The van der Waals surface area contributed by atoms with Gasteiger partial charge in [-0.1, -0.05) is 5.16 Å². The molecule has 4 N–H and O–H groups in total. The Morgan fingerprint density at radius 1 is 1.19 bits per heavy atom. The minimum atomic E-state index is -0.654. The first-order valence-corrected chi connectivity index (χ1v) is 10.4. The van der Waals surface area contributed by atoms with Crippen LogP contribution in [0.15, 0.2) is 28.9 Å². The van der Waals surface area contributed by atoms with Gasteiger partial charge in [0.1, 0.15) is 24.2 Å². The number of hydrogen-bond donors (Lipinski definition) is 3. The average molecular weight is 437 g/mol. The lowest BCUT2D eigenvalue weighted by Gasteiger charge is -2.18. The molecule has 32 heavy (non-hydrogen) atoms. The van der Waals surface area contributed by atoms with Crippen molar-refractivity contribution < 1.29 is 14.4 Å². The second-order valence-corrected chi connectivity index (χ2v) is 8.11. The Bertz CT molecular complexity index is 1110. The molecule has 0 bridgehead atoms. The molecule has 0 aliphatic rings. The van der Waals surface area contributed by atoms with Gasteiger partial charge in [-0.05, 0) is 63.9 Å². The first-order valence-electron chi connectivity index (χ1n) is 10.4. The van der Waals surface area contributed by atoms with Crippen LogP contribution in [0.1, 0.15) is 37.5 Å². The van der Waals surface area contributed by atoms with E-state index in [2.05, 4.69) is 26.5 Å². The van der Waals surface area contributed by atoms with Crippen molar-refractivity contribution >= 4 is 5.82 Å². The molecule has 9 nitrogen and oxygen atoms in total. The van der Waals surface area contributed by atoms with Crippen LogP contribution in [0, 0.1) is 25.2 Å². The molecule has 2 atom stereocenters. The van der Waals surface area contributed by atoms with E-state index in [0.29, 0.717) is 28.5 Å². The van der Waals surface area contributed by atoms with Crippen LogP contribution < -0.4 is 15.8 Å². The van der Waals surface area contributed by atoms with Crippen LogP contribution in [0.3, 0.4) is 0 Å². The third-order valence-electron chi connectivity index (χ3n) is 4.86. The minimum absolute atomic E-state index is 0.150. The molecule has 2 aromatic heterocycles. The van der Waals surface area contributed by atoms with Gasteiger partial charge < -0.3 is 25.4 Å². The molecule has 1 aromatic carbocycles. The third-order valence-corrected chi connectivity index (χ3v) is 4.86. The number of nitrogens with one attached hydrogen (secondary N) is 1. The number of anilines is 1. The van der Waals surface area contributed by atoms with Crippen LogP contribution >= 0.6 is 0 Å². The fourth-order valence-electron chi connectivity index (χ4n) is 3.14. The number of aryl methyl sites for hydroxylation is 2. The van der Waals surface area contributed by atoms with Gasteiger partial charge in [-0.3, -0.25) is 0 Å². The SMILES string of the molecule is Cc1cc(-c2noc(-c3cnc(NC(C)C)c(C#N)c3)n2)cc(C)c1OC[C@H](N)[C@@H](C)O. The van der Waals surface area contributed by atoms with Gasteiger partial charge in [0.05, 0.1) is 23.3 Å². The highest BCUT2D eigenvalue weighted by Crippen LogP contribution is 2.30. The Morgan fingerprint density at radius 2 is 1.88 bits per heavy atom. The van der Waals surface area contributed by atoms with Gasteiger partial charge >= 0.3 is 0 Å². The first kappa shape index (κ1) is 23.2. The first-order chi connectivity index (χ1) is 15.2. The maximum Gasteiger partial charge on any atom is 0.259 e. The van der Waals surface area contributed by atoms with E-state index >= 15 is 0 Å². The van der Waals surface area contributed by atoms with Crippen molar-refractivity contribution in [3.8, 4) is 34.7 Å².